The standard InChI is InChI=1S/C13H11ClO2/c1-9(15)11-4-5-13-12(6-11)3-2-10(7-14)8-16-13/h2-7H,8H2,1H3/b10-7+. The Morgan fingerprint density at radius 2 is 2.25 bits per heavy atom. The molecule has 0 aromatic heterocycles. The molecular formula is C13H11ClO2. The van der Waals surface area contributed by atoms with Crippen LogP contribution in [0.2, 0.25) is 0 Å². The molecule has 0 radical (unpaired) electrons. The molecule has 0 unspecified atom stereocenters. The Hall–Kier alpha value is -1.54. The van der Waals surface area contributed by atoms with E-state index in [1.54, 1.807) is 13.0 Å². The molecule has 16 heavy (non-hydrogen) atoms. The van der Waals surface area contributed by atoms with Crippen LogP contribution in [0.15, 0.2) is 35.4 Å². The lowest BCUT2D eigenvalue weighted by molar-refractivity contribution is 0.101. The zero-order valence-corrected chi connectivity index (χ0v) is 9.62. The van der Waals surface area contributed by atoms with Gasteiger partial charge in [-0.05, 0) is 25.1 Å². The van der Waals surface area contributed by atoms with E-state index in [1.807, 2.05) is 24.3 Å². The van der Waals surface area contributed by atoms with E-state index in [2.05, 4.69) is 0 Å². The fourth-order valence-electron chi connectivity index (χ4n) is 1.50. The van der Waals surface area contributed by atoms with Gasteiger partial charge in [0, 0.05) is 22.2 Å². The van der Waals surface area contributed by atoms with Crippen molar-refractivity contribution in [3.8, 4) is 5.75 Å². The molecule has 2 nitrogen and oxygen atoms in total. The Balaban J connectivity index is 2.43. The second-order valence-electron chi connectivity index (χ2n) is 3.61. The number of halogens is 1. The van der Waals surface area contributed by atoms with Crippen LogP contribution < -0.4 is 4.74 Å². The number of ketones is 1. The zero-order chi connectivity index (χ0) is 11.5. The molecule has 0 spiro atoms. The van der Waals surface area contributed by atoms with Gasteiger partial charge >= 0.3 is 0 Å². The summed E-state index contributed by atoms with van der Waals surface area (Å²) in [6, 6.07) is 5.41. The van der Waals surface area contributed by atoms with Gasteiger partial charge in [-0.3, -0.25) is 4.79 Å². The van der Waals surface area contributed by atoms with Gasteiger partial charge in [0.2, 0.25) is 0 Å². The molecule has 1 aliphatic rings. The van der Waals surface area contributed by atoms with Crippen LogP contribution in [0.4, 0.5) is 0 Å². The fraction of sp³-hybridized carbons (Fsp3) is 0.154. The Morgan fingerprint density at radius 3 is 2.94 bits per heavy atom. The maximum absolute atomic E-state index is 11.2. The molecule has 0 atom stereocenters. The molecule has 3 heteroatoms. The number of fused-ring (bicyclic) bond motifs is 1. The summed E-state index contributed by atoms with van der Waals surface area (Å²) >= 11 is 5.63. The summed E-state index contributed by atoms with van der Waals surface area (Å²) in [7, 11) is 0. The minimum atomic E-state index is 0.0496. The molecule has 0 saturated carbocycles. The summed E-state index contributed by atoms with van der Waals surface area (Å²) in [5.41, 5.74) is 3.99. The van der Waals surface area contributed by atoms with Crippen molar-refractivity contribution in [2.24, 2.45) is 0 Å². The first-order chi connectivity index (χ1) is 7.70. The lowest BCUT2D eigenvalue weighted by Gasteiger charge is -2.07. The van der Waals surface area contributed by atoms with Crippen LogP contribution in [0, 0.1) is 0 Å². The Labute approximate surface area is 99.2 Å². The maximum Gasteiger partial charge on any atom is 0.159 e. The van der Waals surface area contributed by atoms with Gasteiger partial charge in [-0.25, -0.2) is 0 Å². The lowest BCUT2D eigenvalue weighted by atomic mass is 10.1. The third-order valence-corrected chi connectivity index (χ3v) is 2.71. The second-order valence-corrected chi connectivity index (χ2v) is 3.83. The van der Waals surface area contributed by atoms with E-state index in [0.29, 0.717) is 12.2 Å². The summed E-state index contributed by atoms with van der Waals surface area (Å²) < 4.78 is 5.56. The van der Waals surface area contributed by atoms with E-state index < -0.39 is 0 Å². The van der Waals surface area contributed by atoms with Gasteiger partial charge < -0.3 is 4.74 Å². The largest absolute Gasteiger partial charge is 0.488 e. The summed E-state index contributed by atoms with van der Waals surface area (Å²) in [6.07, 6.45) is 3.80. The predicted octanol–water partition coefficient (Wildman–Crippen LogP) is 3.42. The van der Waals surface area contributed by atoms with Crippen LogP contribution >= 0.6 is 11.6 Å². The monoisotopic (exact) mass is 234 g/mol. The number of Topliss-reactive ketones (excluding diaryl/α,β-unsaturated/α-hetero) is 1. The zero-order valence-electron chi connectivity index (χ0n) is 8.87. The van der Waals surface area contributed by atoms with Crippen molar-refractivity contribution in [2.75, 3.05) is 6.61 Å². The summed E-state index contributed by atoms with van der Waals surface area (Å²) in [5, 5.41) is 0. The SMILES string of the molecule is CC(=O)c1ccc2c(c1)C=C/C(=C\Cl)CO2. The molecule has 0 bridgehead atoms. The molecule has 1 aromatic carbocycles. The molecule has 0 amide bonds. The molecule has 82 valence electrons. The first-order valence-electron chi connectivity index (χ1n) is 4.96. The van der Waals surface area contributed by atoms with E-state index in [1.165, 1.54) is 5.54 Å². The summed E-state index contributed by atoms with van der Waals surface area (Å²) in [5.74, 6) is 0.823. The van der Waals surface area contributed by atoms with Gasteiger partial charge in [0.1, 0.15) is 12.4 Å². The van der Waals surface area contributed by atoms with E-state index in [9.17, 15) is 4.79 Å². The van der Waals surface area contributed by atoms with Crippen molar-refractivity contribution in [3.63, 3.8) is 0 Å². The van der Waals surface area contributed by atoms with E-state index in [-0.39, 0.29) is 5.78 Å². The molecule has 0 fully saturated rings. The van der Waals surface area contributed by atoms with Crippen molar-refractivity contribution in [2.45, 2.75) is 6.92 Å². The molecule has 0 aliphatic carbocycles. The summed E-state index contributed by atoms with van der Waals surface area (Å²) in [4.78, 5) is 11.2. The number of carbonyl (C=O) groups is 1. The Morgan fingerprint density at radius 1 is 1.44 bits per heavy atom. The highest BCUT2D eigenvalue weighted by molar-refractivity contribution is 6.25. The highest BCUT2D eigenvalue weighted by atomic mass is 35.5. The number of benzene rings is 1. The van der Waals surface area contributed by atoms with E-state index in [4.69, 9.17) is 16.3 Å². The number of carbonyl (C=O) groups excluding carboxylic acids is 1. The lowest BCUT2D eigenvalue weighted by Crippen LogP contribution is -1.99. The third-order valence-electron chi connectivity index (χ3n) is 2.43. The highest BCUT2D eigenvalue weighted by Crippen LogP contribution is 2.25. The Bertz CT molecular complexity index is 487. The predicted molar refractivity (Wildman–Crippen MR) is 64.9 cm³/mol. The van der Waals surface area contributed by atoms with Gasteiger partial charge in [0.25, 0.3) is 0 Å². The van der Waals surface area contributed by atoms with Crippen molar-refractivity contribution in [1.29, 1.82) is 0 Å². The van der Waals surface area contributed by atoms with Gasteiger partial charge in [0.05, 0.1) is 0 Å². The molecule has 0 saturated heterocycles. The number of ether oxygens (including phenoxy) is 1. The average Bonchev–Trinajstić information content (AvgIpc) is 2.50. The van der Waals surface area contributed by atoms with Crippen LogP contribution in [0.5, 0.6) is 5.75 Å². The number of hydrogen-bond donors (Lipinski definition) is 0. The van der Waals surface area contributed by atoms with Crippen LogP contribution in [-0.4, -0.2) is 12.4 Å². The topological polar surface area (TPSA) is 26.3 Å². The second kappa shape index (κ2) is 4.54. The average molecular weight is 235 g/mol. The first-order valence-corrected chi connectivity index (χ1v) is 5.39. The highest BCUT2D eigenvalue weighted by Gasteiger charge is 2.09. The maximum atomic E-state index is 11.2. The minimum absolute atomic E-state index is 0.0496. The summed E-state index contributed by atoms with van der Waals surface area (Å²) in [6.45, 7) is 2.00. The van der Waals surface area contributed by atoms with Crippen LogP contribution in [0.25, 0.3) is 6.08 Å². The van der Waals surface area contributed by atoms with Crippen LogP contribution in [0.1, 0.15) is 22.8 Å². The van der Waals surface area contributed by atoms with E-state index in [0.717, 1.165) is 16.9 Å². The minimum Gasteiger partial charge on any atom is -0.488 e. The quantitative estimate of drug-likeness (QED) is 0.696. The number of hydrogen-bond acceptors (Lipinski definition) is 2. The van der Waals surface area contributed by atoms with Gasteiger partial charge in [-0.1, -0.05) is 23.8 Å². The van der Waals surface area contributed by atoms with Gasteiger partial charge in [0.15, 0.2) is 5.78 Å². The fourth-order valence-corrected chi connectivity index (χ4v) is 1.64. The van der Waals surface area contributed by atoms with Crippen LogP contribution in [0.3, 0.4) is 0 Å². The van der Waals surface area contributed by atoms with E-state index >= 15 is 0 Å². The molecule has 1 heterocycles. The molecule has 2 rings (SSSR count). The Kier molecular flexibility index (Phi) is 3.11. The normalized spacial score (nSPS) is 16.5. The van der Waals surface area contributed by atoms with Crippen molar-refractivity contribution in [3.05, 3.63) is 46.5 Å². The van der Waals surface area contributed by atoms with Crippen molar-refractivity contribution >= 4 is 23.5 Å². The molecular weight excluding hydrogens is 224 g/mol. The first kappa shape index (κ1) is 11.0. The molecule has 0 N–H and O–H groups in total. The van der Waals surface area contributed by atoms with Crippen LogP contribution in [-0.2, 0) is 0 Å². The van der Waals surface area contributed by atoms with Gasteiger partial charge in [-0.15, -0.1) is 0 Å². The van der Waals surface area contributed by atoms with Crippen molar-refractivity contribution < 1.29 is 9.53 Å². The smallest absolute Gasteiger partial charge is 0.159 e. The van der Waals surface area contributed by atoms with Gasteiger partial charge in [-0.2, -0.15) is 0 Å². The number of rotatable bonds is 1. The molecule has 1 aromatic rings. The molecule has 1 aliphatic heterocycles. The van der Waals surface area contributed by atoms with Crippen molar-refractivity contribution in [1.82, 2.24) is 0 Å². The third kappa shape index (κ3) is 2.17.